The van der Waals surface area contributed by atoms with Gasteiger partial charge in [0.25, 0.3) is 0 Å². The predicted octanol–water partition coefficient (Wildman–Crippen LogP) is 17.0. The minimum Gasteiger partial charge on any atom is -0.462 e. The van der Waals surface area contributed by atoms with Gasteiger partial charge in [0.15, 0.2) is 6.10 Å². The lowest BCUT2D eigenvalue weighted by Crippen LogP contribution is -2.30. The highest BCUT2D eigenvalue weighted by molar-refractivity contribution is 5.71. The molecule has 0 radical (unpaired) electrons. The molecule has 0 fully saturated rings. The highest BCUT2D eigenvalue weighted by atomic mass is 16.6. The van der Waals surface area contributed by atoms with Crippen LogP contribution in [0.4, 0.5) is 0 Å². The monoisotopic (exact) mass is 875 g/mol. The number of hydrogen-bond donors (Lipinski definition) is 0. The Morgan fingerprint density at radius 1 is 0.333 bits per heavy atom. The molecule has 0 rings (SSSR count). The molecule has 6 nitrogen and oxygen atoms in total. The van der Waals surface area contributed by atoms with E-state index in [9.17, 15) is 14.4 Å². The molecule has 0 aromatic carbocycles. The van der Waals surface area contributed by atoms with Crippen LogP contribution in [0.25, 0.3) is 0 Å². The second-order valence-corrected chi connectivity index (χ2v) is 16.7. The van der Waals surface area contributed by atoms with E-state index in [-0.39, 0.29) is 31.1 Å². The third kappa shape index (κ3) is 49.2. The van der Waals surface area contributed by atoms with Gasteiger partial charge in [0.05, 0.1) is 0 Å². The summed E-state index contributed by atoms with van der Waals surface area (Å²) in [6.07, 6.45) is 66.7. The summed E-state index contributed by atoms with van der Waals surface area (Å²) in [6.45, 7) is 6.37. The maximum atomic E-state index is 12.8. The Labute approximate surface area is 387 Å². The summed E-state index contributed by atoms with van der Waals surface area (Å²) in [6, 6.07) is 0. The number of allylic oxidation sites excluding steroid dienone is 16. The Morgan fingerprint density at radius 2 is 0.651 bits per heavy atom. The number of hydrogen-bond acceptors (Lipinski definition) is 6. The van der Waals surface area contributed by atoms with Crippen molar-refractivity contribution in [2.45, 2.75) is 232 Å². The van der Waals surface area contributed by atoms with Gasteiger partial charge in [-0.1, -0.05) is 195 Å². The quantitative estimate of drug-likeness (QED) is 0.0262. The van der Waals surface area contributed by atoms with Crippen molar-refractivity contribution in [1.82, 2.24) is 0 Å². The number of rotatable bonds is 45. The van der Waals surface area contributed by atoms with Crippen LogP contribution in [0.1, 0.15) is 226 Å². The molecule has 0 amide bonds. The molecule has 0 heterocycles. The first kappa shape index (κ1) is 59.3. The average molecular weight is 875 g/mol. The van der Waals surface area contributed by atoms with Gasteiger partial charge in [-0.15, -0.1) is 0 Å². The lowest BCUT2D eigenvalue weighted by Gasteiger charge is -2.18. The second-order valence-electron chi connectivity index (χ2n) is 16.7. The van der Waals surface area contributed by atoms with Crippen LogP contribution in [0.2, 0.25) is 0 Å². The fourth-order valence-electron chi connectivity index (χ4n) is 6.66. The van der Waals surface area contributed by atoms with Crippen molar-refractivity contribution in [3.05, 3.63) is 97.2 Å². The molecule has 0 aliphatic rings. The van der Waals surface area contributed by atoms with Gasteiger partial charge >= 0.3 is 17.9 Å². The van der Waals surface area contributed by atoms with Gasteiger partial charge in [-0.2, -0.15) is 0 Å². The molecule has 0 saturated heterocycles. The molecule has 0 saturated carbocycles. The van der Waals surface area contributed by atoms with Gasteiger partial charge < -0.3 is 14.2 Å². The maximum absolute atomic E-state index is 12.8. The lowest BCUT2D eigenvalue weighted by molar-refractivity contribution is -0.167. The van der Waals surface area contributed by atoms with Crippen molar-refractivity contribution >= 4 is 17.9 Å². The van der Waals surface area contributed by atoms with Gasteiger partial charge in [-0.3, -0.25) is 14.4 Å². The standard InChI is InChI=1S/C57H94O6/c1-4-7-10-13-16-19-22-24-25-26-27-28-29-30-31-33-35-38-41-44-47-50-56(59)62-53-54(52-61-55(58)49-46-43-40-37-34-21-18-15-12-9-6-3)63-57(60)51-48-45-42-39-36-32-23-20-17-14-11-8-5-2/h7,10-11,14-16,18-20,23-25,27-28,30-31,54H,4-6,8-9,12-13,17,21-22,26,29,32-53H2,1-3H3/b10-7-,14-11-,18-15-,19-16-,23-20-,25-24-,28-27-,31-30-. The molecular formula is C57H94O6. The summed E-state index contributed by atoms with van der Waals surface area (Å²) >= 11 is 0. The zero-order chi connectivity index (χ0) is 45.8. The molecule has 0 bridgehead atoms. The molecule has 0 aliphatic carbocycles. The van der Waals surface area contributed by atoms with Crippen LogP contribution < -0.4 is 0 Å². The fourth-order valence-corrected chi connectivity index (χ4v) is 6.66. The van der Waals surface area contributed by atoms with E-state index in [0.29, 0.717) is 19.3 Å². The second kappa shape index (κ2) is 51.0. The Morgan fingerprint density at radius 3 is 1.05 bits per heavy atom. The van der Waals surface area contributed by atoms with E-state index in [4.69, 9.17) is 14.2 Å². The fraction of sp³-hybridized carbons (Fsp3) is 0.667. The molecule has 358 valence electrons. The number of carbonyl (C=O) groups excluding carboxylic acids is 3. The third-order valence-corrected chi connectivity index (χ3v) is 10.5. The predicted molar refractivity (Wildman–Crippen MR) is 270 cm³/mol. The summed E-state index contributed by atoms with van der Waals surface area (Å²) in [7, 11) is 0. The first-order valence-electron chi connectivity index (χ1n) is 25.7. The number of carbonyl (C=O) groups is 3. The van der Waals surface area contributed by atoms with E-state index in [1.54, 1.807) is 0 Å². The first-order valence-corrected chi connectivity index (χ1v) is 25.7. The summed E-state index contributed by atoms with van der Waals surface area (Å²) in [5, 5.41) is 0. The van der Waals surface area contributed by atoms with Crippen molar-refractivity contribution in [1.29, 1.82) is 0 Å². The highest BCUT2D eigenvalue weighted by Gasteiger charge is 2.19. The molecule has 0 spiro atoms. The van der Waals surface area contributed by atoms with Crippen LogP contribution in [0, 0.1) is 0 Å². The Balaban J connectivity index is 4.40. The Bertz CT molecular complexity index is 1280. The largest absolute Gasteiger partial charge is 0.462 e. The Kier molecular flexibility index (Phi) is 48.0. The summed E-state index contributed by atoms with van der Waals surface area (Å²) in [5.74, 6) is -0.943. The van der Waals surface area contributed by atoms with Gasteiger partial charge in [-0.05, 0) is 109 Å². The van der Waals surface area contributed by atoms with Crippen molar-refractivity contribution in [2.24, 2.45) is 0 Å². The lowest BCUT2D eigenvalue weighted by atomic mass is 10.1. The first-order chi connectivity index (χ1) is 31.0. The summed E-state index contributed by atoms with van der Waals surface area (Å²) in [5.41, 5.74) is 0. The smallest absolute Gasteiger partial charge is 0.306 e. The number of esters is 3. The van der Waals surface area contributed by atoms with Crippen LogP contribution in [-0.4, -0.2) is 37.2 Å². The van der Waals surface area contributed by atoms with Gasteiger partial charge in [0, 0.05) is 19.3 Å². The topological polar surface area (TPSA) is 78.9 Å². The SMILES string of the molecule is CC/C=C\C/C=C\C/C=C\C/C=C\C/C=C\CCCCCCCC(=O)OCC(COC(=O)CCCCCCC/C=C\CCCC)OC(=O)CCCCCCC/C=C\C/C=C\CCC. The van der Waals surface area contributed by atoms with Gasteiger partial charge in [0.2, 0.25) is 0 Å². The highest BCUT2D eigenvalue weighted by Crippen LogP contribution is 2.13. The zero-order valence-electron chi connectivity index (χ0n) is 40.8. The van der Waals surface area contributed by atoms with Crippen LogP contribution >= 0.6 is 0 Å². The van der Waals surface area contributed by atoms with E-state index in [0.717, 1.165) is 154 Å². The number of unbranched alkanes of at least 4 members (excludes halogenated alkanes) is 18. The van der Waals surface area contributed by atoms with Gasteiger partial charge in [-0.25, -0.2) is 0 Å². The van der Waals surface area contributed by atoms with Crippen molar-refractivity contribution in [2.75, 3.05) is 13.2 Å². The third-order valence-electron chi connectivity index (χ3n) is 10.5. The van der Waals surface area contributed by atoms with Crippen LogP contribution in [-0.2, 0) is 28.6 Å². The summed E-state index contributed by atoms with van der Waals surface area (Å²) < 4.78 is 16.7. The Hall–Kier alpha value is -3.67. The average Bonchev–Trinajstić information content (AvgIpc) is 3.28. The minimum absolute atomic E-state index is 0.0952. The number of ether oxygens (including phenoxy) is 3. The normalized spacial score (nSPS) is 12.9. The maximum Gasteiger partial charge on any atom is 0.306 e. The molecule has 1 unspecified atom stereocenters. The van der Waals surface area contributed by atoms with Crippen molar-refractivity contribution < 1.29 is 28.6 Å². The molecule has 0 N–H and O–H groups in total. The molecule has 0 aliphatic heterocycles. The van der Waals surface area contributed by atoms with Crippen LogP contribution in [0.15, 0.2) is 97.2 Å². The van der Waals surface area contributed by atoms with Crippen LogP contribution in [0.3, 0.4) is 0 Å². The molecule has 1 atom stereocenters. The van der Waals surface area contributed by atoms with E-state index >= 15 is 0 Å². The van der Waals surface area contributed by atoms with E-state index in [2.05, 4.69) is 118 Å². The van der Waals surface area contributed by atoms with E-state index < -0.39 is 6.10 Å². The summed E-state index contributed by atoms with van der Waals surface area (Å²) in [4.78, 5) is 37.9. The molecule has 0 aromatic heterocycles. The van der Waals surface area contributed by atoms with E-state index in [1.165, 1.54) is 32.1 Å². The zero-order valence-corrected chi connectivity index (χ0v) is 40.8. The van der Waals surface area contributed by atoms with Crippen molar-refractivity contribution in [3.63, 3.8) is 0 Å². The van der Waals surface area contributed by atoms with Gasteiger partial charge in [0.1, 0.15) is 13.2 Å². The minimum atomic E-state index is -0.796. The van der Waals surface area contributed by atoms with E-state index in [1.807, 2.05) is 0 Å². The molecule has 63 heavy (non-hydrogen) atoms. The molecular weight excluding hydrogens is 781 g/mol. The van der Waals surface area contributed by atoms with Crippen LogP contribution in [0.5, 0.6) is 0 Å². The molecule has 0 aromatic rings. The molecule has 6 heteroatoms. The van der Waals surface area contributed by atoms with Crippen molar-refractivity contribution in [3.8, 4) is 0 Å².